The number of nitro groups is 1. The van der Waals surface area contributed by atoms with Crippen molar-refractivity contribution in [3.63, 3.8) is 0 Å². The summed E-state index contributed by atoms with van der Waals surface area (Å²) in [6, 6.07) is 3.80. The van der Waals surface area contributed by atoms with Crippen molar-refractivity contribution in [2.45, 2.75) is 29.2 Å². The Labute approximate surface area is 145 Å². The van der Waals surface area contributed by atoms with Crippen LogP contribution in [0.3, 0.4) is 0 Å². The first kappa shape index (κ1) is 15.6. The van der Waals surface area contributed by atoms with Gasteiger partial charge in [-0.1, -0.05) is 0 Å². The van der Waals surface area contributed by atoms with E-state index >= 15 is 0 Å². The minimum absolute atomic E-state index is 0.134. The molecule has 0 spiro atoms. The molecule has 1 N–H and O–H groups in total. The van der Waals surface area contributed by atoms with Gasteiger partial charge in [0.1, 0.15) is 6.20 Å². The van der Waals surface area contributed by atoms with Crippen molar-refractivity contribution in [3.05, 3.63) is 34.7 Å². The summed E-state index contributed by atoms with van der Waals surface area (Å²) in [5.74, 6) is 1.41. The van der Waals surface area contributed by atoms with E-state index in [-0.39, 0.29) is 17.5 Å². The third-order valence-corrected chi connectivity index (χ3v) is 4.54. The SMILES string of the molecule is Cn1c(Sc2ncc([N+](=O)[O-])c(NC3CC3)n2)nnc1-c1ccco1. The predicted molar refractivity (Wildman–Crippen MR) is 88.2 cm³/mol. The molecule has 3 aromatic rings. The summed E-state index contributed by atoms with van der Waals surface area (Å²) >= 11 is 1.18. The van der Waals surface area contributed by atoms with Crippen molar-refractivity contribution < 1.29 is 9.34 Å². The van der Waals surface area contributed by atoms with Crippen molar-refractivity contribution in [1.29, 1.82) is 0 Å². The largest absolute Gasteiger partial charge is 0.461 e. The standard InChI is InChI=1S/C14H13N7O3S/c1-20-12(10-3-2-6-24-10)18-19-14(20)25-13-15-7-9(21(22)23)11(17-13)16-8-4-5-8/h2-3,6-8H,4-5H2,1H3,(H,15,16,17). The van der Waals surface area contributed by atoms with E-state index in [9.17, 15) is 10.1 Å². The average Bonchev–Trinajstić information content (AvgIpc) is 3.09. The minimum Gasteiger partial charge on any atom is -0.461 e. The number of anilines is 1. The molecule has 3 heterocycles. The molecule has 10 nitrogen and oxygen atoms in total. The van der Waals surface area contributed by atoms with Crippen LogP contribution in [0.15, 0.2) is 39.3 Å². The molecule has 0 radical (unpaired) electrons. The van der Waals surface area contributed by atoms with Gasteiger partial charge >= 0.3 is 5.69 Å². The van der Waals surface area contributed by atoms with Crippen molar-refractivity contribution in [3.8, 4) is 11.6 Å². The van der Waals surface area contributed by atoms with Crippen LogP contribution in [0.25, 0.3) is 11.6 Å². The molecular weight excluding hydrogens is 346 g/mol. The maximum absolute atomic E-state index is 11.1. The monoisotopic (exact) mass is 359 g/mol. The Morgan fingerprint density at radius 3 is 2.96 bits per heavy atom. The van der Waals surface area contributed by atoms with Crippen LogP contribution >= 0.6 is 11.8 Å². The molecule has 0 atom stereocenters. The zero-order valence-corrected chi connectivity index (χ0v) is 13.9. The van der Waals surface area contributed by atoms with E-state index in [0.717, 1.165) is 12.8 Å². The highest BCUT2D eigenvalue weighted by Crippen LogP contribution is 2.32. The first-order valence-corrected chi connectivity index (χ1v) is 8.32. The molecular formula is C14H13N7O3S. The van der Waals surface area contributed by atoms with Crippen molar-refractivity contribution in [2.75, 3.05) is 5.32 Å². The molecule has 11 heteroatoms. The Hall–Kier alpha value is -2.95. The summed E-state index contributed by atoms with van der Waals surface area (Å²) in [4.78, 5) is 19.0. The Morgan fingerprint density at radius 1 is 1.44 bits per heavy atom. The van der Waals surface area contributed by atoms with Gasteiger partial charge in [0.2, 0.25) is 5.82 Å². The lowest BCUT2D eigenvalue weighted by atomic mass is 10.4. The first-order chi connectivity index (χ1) is 12.1. The summed E-state index contributed by atoms with van der Waals surface area (Å²) in [6.07, 6.45) is 4.74. The Morgan fingerprint density at radius 2 is 2.28 bits per heavy atom. The quantitative estimate of drug-likeness (QED) is 0.401. The minimum atomic E-state index is -0.490. The van der Waals surface area contributed by atoms with E-state index in [0.29, 0.717) is 21.9 Å². The molecule has 0 amide bonds. The molecule has 0 bridgehead atoms. The third-order valence-electron chi connectivity index (χ3n) is 3.62. The lowest BCUT2D eigenvalue weighted by Crippen LogP contribution is -2.08. The number of nitrogens with one attached hydrogen (secondary N) is 1. The molecule has 4 rings (SSSR count). The molecule has 25 heavy (non-hydrogen) atoms. The van der Waals surface area contributed by atoms with Gasteiger partial charge in [-0.15, -0.1) is 10.2 Å². The van der Waals surface area contributed by atoms with Crippen LogP contribution in [-0.2, 0) is 7.05 Å². The second-order valence-electron chi connectivity index (χ2n) is 5.51. The van der Waals surface area contributed by atoms with Crippen molar-refractivity contribution >= 4 is 23.3 Å². The van der Waals surface area contributed by atoms with Crippen molar-refractivity contribution in [1.82, 2.24) is 24.7 Å². The van der Waals surface area contributed by atoms with Crippen LogP contribution in [0.4, 0.5) is 11.5 Å². The summed E-state index contributed by atoms with van der Waals surface area (Å²) in [5.41, 5.74) is -0.134. The summed E-state index contributed by atoms with van der Waals surface area (Å²) < 4.78 is 7.08. The predicted octanol–water partition coefficient (Wildman–Crippen LogP) is 2.50. The first-order valence-electron chi connectivity index (χ1n) is 7.51. The lowest BCUT2D eigenvalue weighted by Gasteiger charge is -2.06. The highest BCUT2D eigenvalue weighted by atomic mass is 32.2. The number of rotatable bonds is 6. The molecule has 1 fully saturated rings. The van der Waals surface area contributed by atoms with Gasteiger partial charge in [0, 0.05) is 13.1 Å². The molecule has 0 saturated heterocycles. The van der Waals surface area contributed by atoms with Gasteiger partial charge in [0.15, 0.2) is 21.9 Å². The Bertz CT molecular complexity index is 921. The van der Waals surface area contributed by atoms with E-state index < -0.39 is 4.92 Å². The number of nitrogens with zero attached hydrogens (tertiary/aromatic N) is 6. The molecule has 0 aliphatic heterocycles. The number of aromatic nitrogens is 5. The number of furan rings is 1. The van der Waals surface area contributed by atoms with Crippen LogP contribution < -0.4 is 5.32 Å². The van der Waals surface area contributed by atoms with E-state index in [4.69, 9.17) is 4.42 Å². The molecule has 1 aliphatic rings. The molecule has 0 aromatic carbocycles. The fourth-order valence-electron chi connectivity index (χ4n) is 2.18. The van der Waals surface area contributed by atoms with Crippen LogP contribution in [0, 0.1) is 10.1 Å². The van der Waals surface area contributed by atoms with Gasteiger partial charge in [0.05, 0.1) is 11.2 Å². The van der Waals surface area contributed by atoms with E-state index in [1.54, 1.807) is 30.0 Å². The topological polar surface area (TPSA) is 125 Å². The zero-order chi connectivity index (χ0) is 17.4. The van der Waals surface area contributed by atoms with Gasteiger partial charge in [-0.3, -0.25) is 10.1 Å². The third kappa shape index (κ3) is 3.18. The van der Waals surface area contributed by atoms with E-state index in [2.05, 4.69) is 25.5 Å². The average molecular weight is 359 g/mol. The molecule has 1 aliphatic carbocycles. The van der Waals surface area contributed by atoms with Crippen LogP contribution in [0.2, 0.25) is 0 Å². The van der Waals surface area contributed by atoms with Gasteiger partial charge in [-0.25, -0.2) is 4.98 Å². The molecule has 3 aromatic heterocycles. The normalized spacial score (nSPS) is 13.8. The second kappa shape index (κ2) is 6.16. The van der Waals surface area contributed by atoms with Gasteiger partial charge in [0.25, 0.3) is 0 Å². The number of hydrogen-bond donors (Lipinski definition) is 1. The maximum Gasteiger partial charge on any atom is 0.329 e. The van der Waals surface area contributed by atoms with E-state index in [1.165, 1.54) is 18.0 Å². The zero-order valence-electron chi connectivity index (χ0n) is 13.1. The van der Waals surface area contributed by atoms with Crippen LogP contribution in [-0.4, -0.2) is 35.7 Å². The molecule has 1 saturated carbocycles. The van der Waals surface area contributed by atoms with Crippen LogP contribution in [0.5, 0.6) is 0 Å². The highest BCUT2D eigenvalue weighted by molar-refractivity contribution is 7.99. The fraction of sp³-hybridized carbons (Fsp3) is 0.286. The molecule has 128 valence electrons. The fourth-order valence-corrected chi connectivity index (χ4v) is 2.89. The highest BCUT2D eigenvalue weighted by Gasteiger charge is 2.27. The summed E-state index contributed by atoms with van der Waals surface area (Å²) in [7, 11) is 1.80. The smallest absolute Gasteiger partial charge is 0.329 e. The lowest BCUT2D eigenvalue weighted by molar-refractivity contribution is -0.384. The Kier molecular flexibility index (Phi) is 3.84. The Balaban J connectivity index is 1.61. The van der Waals surface area contributed by atoms with Gasteiger partial charge in [-0.05, 0) is 36.7 Å². The number of hydrogen-bond acceptors (Lipinski definition) is 9. The van der Waals surface area contributed by atoms with Crippen molar-refractivity contribution in [2.24, 2.45) is 7.05 Å². The second-order valence-corrected chi connectivity index (χ2v) is 6.44. The molecule has 0 unspecified atom stereocenters. The van der Waals surface area contributed by atoms with Crippen LogP contribution in [0.1, 0.15) is 12.8 Å². The summed E-state index contributed by atoms with van der Waals surface area (Å²) in [6.45, 7) is 0. The van der Waals surface area contributed by atoms with Gasteiger partial charge < -0.3 is 14.3 Å². The summed E-state index contributed by atoms with van der Waals surface area (Å²) in [5, 5.41) is 23.3. The van der Waals surface area contributed by atoms with E-state index in [1.807, 2.05) is 0 Å². The van der Waals surface area contributed by atoms with Gasteiger partial charge in [-0.2, -0.15) is 4.98 Å². The maximum atomic E-state index is 11.1.